The van der Waals surface area contributed by atoms with Crippen LogP contribution in [0, 0.1) is 0 Å². The number of nitrogens with zero attached hydrogens (tertiary/aromatic N) is 2. The van der Waals surface area contributed by atoms with E-state index in [0.29, 0.717) is 6.04 Å². The van der Waals surface area contributed by atoms with Crippen molar-refractivity contribution in [3.8, 4) is 0 Å². The first-order chi connectivity index (χ1) is 9.56. The van der Waals surface area contributed by atoms with Crippen molar-refractivity contribution < 1.29 is 0 Å². The predicted molar refractivity (Wildman–Crippen MR) is 88.2 cm³/mol. The molecular formula is C17H31N3. The van der Waals surface area contributed by atoms with Crippen LogP contribution in [-0.2, 0) is 13.0 Å². The maximum atomic E-state index is 3.19. The summed E-state index contributed by atoms with van der Waals surface area (Å²) >= 11 is 0. The third-order valence-corrected chi connectivity index (χ3v) is 3.73. The van der Waals surface area contributed by atoms with Crippen LogP contribution >= 0.6 is 0 Å². The molecule has 0 heterocycles. The maximum Gasteiger partial charge on any atom is 0.0236 e. The first kappa shape index (κ1) is 17.2. The highest BCUT2D eigenvalue weighted by atomic mass is 15.2. The van der Waals surface area contributed by atoms with E-state index in [2.05, 4.69) is 67.3 Å². The zero-order valence-corrected chi connectivity index (χ0v) is 13.8. The van der Waals surface area contributed by atoms with E-state index in [1.54, 1.807) is 0 Å². The second-order valence-corrected chi connectivity index (χ2v) is 5.84. The number of likely N-dealkylation sites (N-methyl/N-ethyl adjacent to an activating group) is 3. The number of hydrogen-bond acceptors (Lipinski definition) is 3. The summed E-state index contributed by atoms with van der Waals surface area (Å²) in [5.41, 5.74) is 2.82. The maximum absolute atomic E-state index is 3.19. The molecule has 1 N–H and O–H groups in total. The van der Waals surface area contributed by atoms with Crippen molar-refractivity contribution >= 4 is 0 Å². The van der Waals surface area contributed by atoms with Crippen molar-refractivity contribution in [2.75, 3.05) is 40.8 Å². The number of benzene rings is 1. The van der Waals surface area contributed by atoms with Gasteiger partial charge in [0.05, 0.1) is 0 Å². The third kappa shape index (κ3) is 6.04. The van der Waals surface area contributed by atoms with E-state index in [0.717, 1.165) is 32.6 Å². The highest BCUT2D eigenvalue weighted by molar-refractivity contribution is 5.22. The largest absolute Gasteiger partial charge is 0.319 e. The van der Waals surface area contributed by atoms with Gasteiger partial charge in [-0.05, 0) is 58.7 Å². The van der Waals surface area contributed by atoms with E-state index in [4.69, 9.17) is 0 Å². The summed E-state index contributed by atoms with van der Waals surface area (Å²) in [5, 5.41) is 3.19. The van der Waals surface area contributed by atoms with Crippen LogP contribution in [0.3, 0.4) is 0 Å². The molecule has 1 rings (SSSR count). The molecule has 0 aliphatic rings. The molecule has 0 aliphatic heterocycles. The van der Waals surface area contributed by atoms with E-state index >= 15 is 0 Å². The first-order valence-electron chi connectivity index (χ1n) is 7.68. The Balaban J connectivity index is 2.56. The zero-order chi connectivity index (χ0) is 15.0. The minimum absolute atomic E-state index is 0.582. The second kappa shape index (κ2) is 9.11. The molecule has 114 valence electrons. The molecule has 0 bridgehead atoms. The number of hydrogen-bond donors (Lipinski definition) is 1. The van der Waals surface area contributed by atoms with E-state index in [1.165, 1.54) is 11.1 Å². The van der Waals surface area contributed by atoms with Crippen molar-refractivity contribution in [1.82, 2.24) is 15.1 Å². The van der Waals surface area contributed by atoms with E-state index in [-0.39, 0.29) is 0 Å². The van der Waals surface area contributed by atoms with Gasteiger partial charge in [-0.25, -0.2) is 0 Å². The average molecular weight is 277 g/mol. The lowest BCUT2D eigenvalue weighted by molar-refractivity contribution is 0.174. The quantitative estimate of drug-likeness (QED) is 0.747. The van der Waals surface area contributed by atoms with Crippen molar-refractivity contribution in [3.63, 3.8) is 0 Å². The SMILES string of the molecule is CCN(Cc1ccc(CCNC)cc1)C(C)CN(C)C. The third-order valence-electron chi connectivity index (χ3n) is 3.73. The summed E-state index contributed by atoms with van der Waals surface area (Å²) in [4.78, 5) is 4.79. The number of rotatable bonds is 9. The lowest BCUT2D eigenvalue weighted by Gasteiger charge is -2.30. The Hall–Kier alpha value is -0.900. The molecule has 1 atom stereocenters. The lowest BCUT2D eigenvalue weighted by atomic mass is 10.1. The molecule has 20 heavy (non-hydrogen) atoms. The fraction of sp³-hybridized carbons (Fsp3) is 0.647. The fourth-order valence-electron chi connectivity index (χ4n) is 2.54. The Kier molecular flexibility index (Phi) is 7.82. The Morgan fingerprint density at radius 2 is 1.70 bits per heavy atom. The molecule has 1 aromatic carbocycles. The highest BCUT2D eigenvalue weighted by Crippen LogP contribution is 2.11. The zero-order valence-electron chi connectivity index (χ0n) is 13.8. The molecule has 0 amide bonds. The molecule has 0 radical (unpaired) electrons. The van der Waals surface area contributed by atoms with Gasteiger partial charge in [-0.15, -0.1) is 0 Å². The molecule has 1 aromatic rings. The minimum atomic E-state index is 0.582. The Labute approximate surface area is 125 Å². The van der Waals surface area contributed by atoms with Crippen LogP contribution in [0.2, 0.25) is 0 Å². The Morgan fingerprint density at radius 1 is 1.10 bits per heavy atom. The van der Waals surface area contributed by atoms with E-state index in [9.17, 15) is 0 Å². The lowest BCUT2D eigenvalue weighted by Crippen LogP contribution is -2.39. The monoisotopic (exact) mass is 277 g/mol. The first-order valence-corrected chi connectivity index (χ1v) is 7.68. The van der Waals surface area contributed by atoms with E-state index < -0.39 is 0 Å². The van der Waals surface area contributed by atoms with Gasteiger partial charge in [0.2, 0.25) is 0 Å². The molecule has 0 saturated heterocycles. The van der Waals surface area contributed by atoms with Crippen LogP contribution in [0.25, 0.3) is 0 Å². The summed E-state index contributed by atoms with van der Waals surface area (Å²) in [5.74, 6) is 0. The van der Waals surface area contributed by atoms with Gasteiger partial charge in [0.15, 0.2) is 0 Å². The van der Waals surface area contributed by atoms with Crippen LogP contribution in [0.5, 0.6) is 0 Å². The van der Waals surface area contributed by atoms with Gasteiger partial charge in [0.25, 0.3) is 0 Å². The highest BCUT2D eigenvalue weighted by Gasteiger charge is 2.13. The molecule has 0 fully saturated rings. The van der Waals surface area contributed by atoms with Crippen molar-refractivity contribution in [1.29, 1.82) is 0 Å². The molecule has 0 aliphatic carbocycles. The van der Waals surface area contributed by atoms with Crippen LogP contribution < -0.4 is 5.32 Å². The van der Waals surface area contributed by atoms with Crippen LogP contribution in [0.4, 0.5) is 0 Å². The summed E-state index contributed by atoms with van der Waals surface area (Å²) < 4.78 is 0. The fourth-order valence-corrected chi connectivity index (χ4v) is 2.54. The van der Waals surface area contributed by atoms with Crippen molar-refractivity contribution in [3.05, 3.63) is 35.4 Å². The molecule has 3 heteroatoms. The van der Waals surface area contributed by atoms with Gasteiger partial charge < -0.3 is 10.2 Å². The molecular weight excluding hydrogens is 246 g/mol. The standard InChI is InChI=1S/C17H31N3/c1-6-20(15(2)13-19(4)5)14-17-9-7-16(8-10-17)11-12-18-3/h7-10,15,18H,6,11-14H2,1-5H3. The molecule has 0 aromatic heterocycles. The van der Waals surface area contributed by atoms with Gasteiger partial charge >= 0.3 is 0 Å². The predicted octanol–water partition coefficient (Wildman–Crippen LogP) is 2.22. The van der Waals surface area contributed by atoms with Gasteiger partial charge in [-0.3, -0.25) is 4.90 Å². The summed E-state index contributed by atoms with van der Waals surface area (Å²) in [7, 11) is 6.28. The van der Waals surface area contributed by atoms with Crippen LogP contribution in [0.1, 0.15) is 25.0 Å². The van der Waals surface area contributed by atoms with Crippen LogP contribution in [0.15, 0.2) is 24.3 Å². The molecule has 0 spiro atoms. The van der Waals surface area contributed by atoms with Crippen molar-refractivity contribution in [2.45, 2.75) is 32.9 Å². The smallest absolute Gasteiger partial charge is 0.0236 e. The normalized spacial score (nSPS) is 13.2. The van der Waals surface area contributed by atoms with Crippen molar-refractivity contribution in [2.24, 2.45) is 0 Å². The minimum Gasteiger partial charge on any atom is -0.319 e. The van der Waals surface area contributed by atoms with Gasteiger partial charge in [-0.1, -0.05) is 31.2 Å². The van der Waals surface area contributed by atoms with Gasteiger partial charge in [0.1, 0.15) is 0 Å². The van der Waals surface area contributed by atoms with Crippen LogP contribution in [-0.4, -0.2) is 56.6 Å². The summed E-state index contributed by atoms with van der Waals surface area (Å²) in [6.07, 6.45) is 1.10. The van der Waals surface area contributed by atoms with Gasteiger partial charge in [-0.2, -0.15) is 0 Å². The second-order valence-electron chi connectivity index (χ2n) is 5.84. The summed E-state index contributed by atoms with van der Waals surface area (Å²) in [6, 6.07) is 9.65. The summed E-state index contributed by atoms with van der Waals surface area (Å²) in [6.45, 7) is 8.83. The average Bonchev–Trinajstić information content (AvgIpc) is 2.42. The Bertz CT molecular complexity index is 359. The van der Waals surface area contributed by atoms with E-state index in [1.807, 2.05) is 7.05 Å². The molecule has 1 unspecified atom stereocenters. The molecule has 3 nitrogen and oxygen atoms in total. The van der Waals surface area contributed by atoms with Gasteiger partial charge in [0, 0.05) is 19.1 Å². The topological polar surface area (TPSA) is 18.5 Å². The number of nitrogens with one attached hydrogen (secondary N) is 1. The molecule has 0 saturated carbocycles. The Morgan fingerprint density at radius 3 is 2.20 bits per heavy atom.